The molecule has 2 atom stereocenters. The van der Waals surface area contributed by atoms with Gasteiger partial charge in [-0.1, -0.05) is 13.2 Å². The zero-order valence-corrected chi connectivity index (χ0v) is 18.1. The van der Waals surface area contributed by atoms with Gasteiger partial charge in [0.05, 0.1) is 32.4 Å². The van der Waals surface area contributed by atoms with Gasteiger partial charge < -0.3 is 19.3 Å². The Kier molecular flexibility index (Phi) is 8.49. The zero-order chi connectivity index (χ0) is 24.0. The van der Waals surface area contributed by atoms with Crippen molar-refractivity contribution in [1.82, 2.24) is 13.7 Å². The number of aromatic nitrogens is 3. The van der Waals surface area contributed by atoms with Gasteiger partial charge in [-0.3, -0.25) is 0 Å². The van der Waals surface area contributed by atoms with E-state index in [1.807, 2.05) is 0 Å². The summed E-state index contributed by atoms with van der Waals surface area (Å²) in [5, 5.41) is 10.2. The molecular formula is C20H27N3O9. The van der Waals surface area contributed by atoms with Gasteiger partial charge in [0.15, 0.2) is 0 Å². The molecule has 2 heterocycles. The molecule has 176 valence electrons. The second-order valence-electron chi connectivity index (χ2n) is 7.48. The smallest absolute Gasteiger partial charge is 0.336 e. The third-order valence-electron chi connectivity index (χ3n) is 4.43. The first kappa shape index (κ1) is 25.0. The van der Waals surface area contributed by atoms with Crippen molar-refractivity contribution in [2.24, 2.45) is 0 Å². The number of esters is 2. The largest absolute Gasteiger partial charge is 0.462 e. The van der Waals surface area contributed by atoms with Crippen LogP contribution < -0.4 is 17.1 Å². The first-order valence-corrected chi connectivity index (χ1v) is 9.92. The molecule has 2 rings (SSSR count). The predicted octanol–water partition coefficient (Wildman–Crippen LogP) is -1.44. The molecule has 1 fully saturated rings. The van der Waals surface area contributed by atoms with E-state index >= 15 is 0 Å². The third kappa shape index (κ3) is 6.62. The lowest BCUT2D eigenvalue weighted by molar-refractivity contribution is -0.142. The van der Waals surface area contributed by atoms with Crippen LogP contribution in [0.3, 0.4) is 0 Å². The summed E-state index contributed by atoms with van der Waals surface area (Å²) in [7, 11) is 0. The molecule has 12 nitrogen and oxygen atoms in total. The van der Waals surface area contributed by atoms with Crippen molar-refractivity contribution >= 4 is 11.9 Å². The summed E-state index contributed by atoms with van der Waals surface area (Å²) >= 11 is 0. The average molecular weight is 453 g/mol. The minimum absolute atomic E-state index is 0.0523. The minimum Gasteiger partial charge on any atom is -0.462 e. The molecule has 0 spiro atoms. The molecule has 0 radical (unpaired) electrons. The van der Waals surface area contributed by atoms with Crippen LogP contribution in [0.2, 0.25) is 0 Å². The SMILES string of the molecule is C=C(C)C(=O)OCCCn1c(=O)n(CC(O)COC(=O)C(=C)C)c(=O)n(CC2CO2)c1=O. The Bertz CT molecular complexity index is 1080. The molecule has 0 amide bonds. The topological polar surface area (TPSA) is 151 Å². The molecule has 2 unspecified atom stereocenters. The van der Waals surface area contributed by atoms with Crippen LogP contribution in [0.5, 0.6) is 0 Å². The second-order valence-corrected chi connectivity index (χ2v) is 7.48. The summed E-state index contributed by atoms with van der Waals surface area (Å²) < 4.78 is 17.2. The number of epoxide rings is 1. The molecule has 0 aromatic carbocycles. The van der Waals surface area contributed by atoms with Crippen LogP contribution >= 0.6 is 0 Å². The summed E-state index contributed by atoms with van der Waals surface area (Å²) in [6.07, 6.45) is -1.57. The van der Waals surface area contributed by atoms with Gasteiger partial charge in [0.1, 0.15) is 12.7 Å². The molecular weight excluding hydrogens is 426 g/mol. The molecule has 1 aromatic rings. The maximum Gasteiger partial charge on any atom is 0.336 e. The molecule has 0 saturated carbocycles. The molecule has 1 aromatic heterocycles. The van der Waals surface area contributed by atoms with Crippen LogP contribution in [-0.2, 0) is 43.4 Å². The van der Waals surface area contributed by atoms with Crippen LogP contribution in [0.25, 0.3) is 0 Å². The van der Waals surface area contributed by atoms with Crippen molar-refractivity contribution in [2.75, 3.05) is 19.8 Å². The number of ether oxygens (including phenoxy) is 3. The van der Waals surface area contributed by atoms with E-state index in [1.54, 1.807) is 0 Å². The molecule has 1 aliphatic rings. The Balaban J connectivity index is 2.24. The fourth-order valence-corrected chi connectivity index (χ4v) is 2.63. The molecule has 32 heavy (non-hydrogen) atoms. The van der Waals surface area contributed by atoms with Gasteiger partial charge >= 0.3 is 29.0 Å². The normalized spacial score (nSPS) is 15.7. The lowest BCUT2D eigenvalue weighted by Gasteiger charge is -2.16. The van der Waals surface area contributed by atoms with Gasteiger partial charge in [-0.05, 0) is 20.3 Å². The van der Waals surface area contributed by atoms with Gasteiger partial charge in [-0.25, -0.2) is 37.7 Å². The molecule has 1 aliphatic heterocycles. The highest BCUT2D eigenvalue weighted by Gasteiger charge is 2.27. The quantitative estimate of drug-likeness (QED) is 0.174. The molecule has 1 saturated heterocycles. The Labute approximate surface area is 182 Å². The lowest BCUT2D eigenvalue weighted by atomic mass is 10.3. The van der Waals surface area contributed by atoms with Crippen LogP contribution in [-0.4, -0.2) is 62.8 Å². The Hall–Kier alpha value is -3.25. The number of aliphatic hydroxyl groups is 1. The maximum atomic E-state index is 12.8. The van der Waals surface area contributed by atoms with Gasteiger partial charge in [0, 0.05) is 17.7 Å². The Morgan fingerprint density at radius 3 is 2.12 bits per heavy atom. The highest BCUT2D eigenvalue weighted by atomic mass is 16.6. The van der Waals surface area contributed by atoms with Crippen LogP contribution in [0.4, 0.5) is 0 Å². The van der Waals surface area contributed by atoms with E-state index in [0.29, 0.717) is 11.2 Å². The predicted molar refractivity (Wildman–Crippen MR) is 111 cm³/mol. The molecule has 12 heteroatoms. The molecule has 1 N–H and O–H groups in total. The molecule has 0 bridgehead atoms. The highest BCUT2D eigenvalue weighted by Crippen LogP contribution is 2.09. The monoisotopic (exact) mass is 453 g/mol. The van der Waals surface area contributed by atoms with Gasteiger partial charge in [0.2, 0.25) is 0 Å². The standard InChI is InChI=1S/C20H27N3O9/c1-12(2)16(25)30-7-5-6-21-18(27)22(8-14(24)10-32-17(26)13(3)4)20(29)23(19(21)28)9-15-11-31-15/h14-15,24H,1,3,5-11H2,2,4H3. The van der Waals surface area contributed by atoms with Crippen LogP contribution in [0.1, 0.15) is 20.3 Å². The first-order valence-electron chi connectivity index (χ1n) is 9.92. The van der Waals surface area contributed by atoms with Crippen molar-refractivity contribution in [1.29, 1.82) is 0 Å². The van der Waals surface area contributed by atoms with Crippen molar-refractivity contribution in [3.63, 3.8) is 0 Å². The minimum atomic E-state index is -1.38. The van der Waals surface area contributed by atoms with E-state index in [0.717, 1.165) is 9.13 Å². The average Bonchev–Trinajstić information content (AvgIpc) is 3.55. The molecule has 0 aliphatic carbocycles. The van der Waals surface area contributed by atoms with Gasteiger partial charge in [-0.15, -0.1) is 0 Å². The highest BCUT2D eigenvalue weighted by molar-refractivity contribution is 5.87. The number of carbonyl (C=O) groups is 2. The summed E-state index contributed by atoms with van der Waals surface area (Å²) in [6.45, 7) is 8.94. The number of nitrogens with zero attached hydrogens (tertiary/aromatic N) is 3. The summed E-state index contributed by atoms with van der Waals surface area (Å²) in [4.78, 5) is 61.2. The summed E-state index contributed by atoms with van der Waals surface area (Å²) in [5.74, 6) is -1.33. The van der Waals surface area contributed by atoms with E-state index in [-0.39, 0.29) is 43.4 Å². The first-order chi connectivity index (χ1) is 15.0. The van der Waals surface area contributed by atoms with E-state index in [1.165, 1.54) is 13.8 Å². The van der Waals surface area contributed by atoms with E-state index in [4.69, 9.17) is 14.2 Å². The van der Waals surface area contributed by atoms with Crippen molar-refractivity contribution in [3.8, 4) is 0 Å². The number of rotatable bonds is 12. The second kappa shape index (κ2) is 10.9. The van der Waals surface area contributed by atoms with Crippen LogP contribution in [0.15, 0.2) is 38.7 Å². The van der Waals surface area contributed by atoms with Crippen molar-refractivity contribution in [2.45, 2.75) is 52.1 Å². The summed E-state index contributed by atoms with van der Waals surface area (Å²) in [6, 6.07) is 0. The van der Waals surface area contributed by atoms with E-state index in [9.17, 15) is 29.1 Å². The number of carbonyl (C=O) groups excluding carboxylic acids is 2. The number of hydrogen-bond acceptors (Lipinski definition) is 9. The number of hydrogen-bond donors (Lipinski definition) is 1. The van der Waals surface area contributed by atoms with Gasteiger partial charge in [0.25, 0.3) is 0 Å². The fraction of sp³-hybridized carbons (Fsp3) is 0.550. The van der Waals surface area contributed by atoms with Crippen molar-refractivity contribution < 1.29 is 28.9 Å². The summed E-state index contributed by atoms with van der Waals surface area (Å²) in [5.41, 5.74) is -2.35. The van der Waals surface area contributed by atoms with E-state index < -0.39 is 48.3 Å². The third-order valence-corrected chi connectivity index (χ3v) is 4.43. The number of aliphatic hydroxyl groups excluding tert-OH is 1. The zero-order valence-electron chi connectivity index (χ0n) is 18.1. The Morgan fingerprint density at radius 2 is 1.56 bits per heavy atom. The van der Waals surface area contributed by atoms with Crippen LogP contribution in [0, 0.1) is 0 Å². The van der Waals surface area contributed by atoms with Gasteiger partial charge in [-0.2, -0.15) is 0 Å². The Morgan fingerprint density at radius 1 is 1.03 bits per heavy atom. The lowest BCUT2D eigenvalue weighted by Crippen LogP contribution is -2.56. The maximum absolute atomic E-state index is 12.8. The van der Waals surface area contributed by atoms with E-state index in [2.05, 4.69) is 13.2 Å². The fourth-order valence-electron chi connectivity index (χ4n) is 2.63. The van der Waals surface area contributed by atoms with Crippen molar-refractivity contribution in [3.05, 3.63) is 55.8 Å².